The first-order valence-corrected chi connectivity index (χ1v) is 5.32. The Morgan fingerprint density at radius 1 is 1.36 bits per heavy atom. The molecule has 2 nitrogen and oxygen atoms in total. The maximum absolute atomic E-state index is 11.1. The van der Waals surface area contributed by atoms with Crippen molar-refractivity contribution < 1.29 is 4.55 Å². The largest absolute Gasteiger partial charge is 0.679 e. The van der Waals surface area contributed by atoms with E-state index >= 15 is 0 Å². The molecule has 0 aliphatic carbocycles. The van der Waals surface area contributed by atoms with E-state index in [1.54, 1.807) is 12.1 Å². The van der Waals surface area contributed by atoms with Crippen molar-refractivity contribution in [3.8, 4) is 0 Å². The highest BCUT2D eigenvalue weighted by Crippen LogP contribution is 2.14. The van der Waals surface area contributed by atoms with Crippen LogP contribution in [0.2, 0.25) is 0 Å². The molecule has 0 heterocycles. The molecule has 4 heteroatoms. The minimum absolute atomic E-state index is 0.730. The van der Waals surface area contributed by atoms with Gasteiger partial charge in [-0.15, -0.1) is 0 Å². The van der Waals surface area contributed by atoms with Crippen molar-refractivity contribution in [2.45, 2.75) is 4.90 Å². The Kier molecular flexibility index (Phi) is 3.11. The number of nitrogens with one attached hydrogen (secondary N) is 1. The number of hydrogen-bond acceptors (Lipinski definition) is 2. The first-order chi connectivity index (χ1) is 5.24. The van der Waals surface area contributed by atoms with Gasteiger partial charge in [-0.3, -0.25) is 5.41 Å². The third-order valence-electron chi connectivity index (χ3n) is 1.26. The average Bonchev–Trinajstić information content (AvgIpc) is 2.05. The number of halogens is 1. The molecule has 0 unspecified atom stereocenters. The number of benzene rings is 1. The Balaban J connectivity index is 2.89. The van der Waals surface area contributed by atoms with E-state index in [0.717, 1.165) is 14.9 Å². The van der Waals surface area contributed by atoms with Crippen LogP contribution in [0.25, 0.3) is 0 Å². The third kappa shape index (κ3) is 2.32. The molecular weight excluding hydrogens is 226 g/mol. The van der Waals surface area contributed by atoms with Crippen LogP contribution in [0.3, 0.4) is 0 Å². The third-order valence-corrected chi connectivity index (χ3v) is 2.95. The van der Waals surface area contributed by atoms with Crippen LogP contribution in [0, 0.1) is 5.41 Å². The minimum Gasteiger partial charge on any atom is -0.679 e. The Bertz CT molecular complexity index is 249. The molecule has 0 saturated carbocycles. The summed E-state index contributed by atoms with van der Waals surface area (Å²) in [5, 5.41) is 6.80. The summed E-state index contributed by atoms with van der Waals surface area (Å²) in [5.74, 6) is 0. The molecule has 0 atom stereocenters. The van der Waals surface area contributed by atoms with Crippen molar-refractivity contribution in [3.05, 3.63) is 28.7 Å². The molecule has 1 N–H and O–H groups in total. The lowest BCUT2D eigenvalue weighted by Gasteiger charge is -2.14. The predicted molar refractivity (Wildman–Crippen MR) is 52.1 cm³/mol. The van der Waals surface area contributed by atoms with Crippen LogP contribution in [0.1, 0.15) is 0 Å². The summed E-state index contributed by atoms with van der Waals surface area (Å²) in [6.07, 6.45) is 0. The van der Waals surface area contributed by atoms with E-state index in [0.29, 0.717) is 0 Å². The van der Waals surface area contributed by atoms with Gasteiger partial charge in [-0.1, -0.05) is 15.9 Å². The molecule has 0 radical (unpaired) electrons. The molecule has 0 aliphatic heterocycles. The Morgan fingerprint density at radius 2 is 1.91 bits per heavy atom. The highest BCUT2D eigenvalue weighted by atomic mass is 79.9. The van der Waals surface area contributed by atoms with E-state index in [1.165, 1.54) is 0 Å². The van der Waals surface area contributed by atoms with Gasteiger partial charge < -0.3 is 4.55 Å². The maximum atomic E-state index is 11.1. The molecule has 0 bridgehead atoms. The second-order valence-corrected chi connectivity index (χ2v) is 4.53. The lowest BCUT2D eigenvalue weighted by molar-refractivity contribution is 0.607. The van der Waals surface area contributed by atoms with E-state index in [4.69, 9.17) is 5.41 Å². The quantitative estimate of drug-likeness (QED) is 0.472. The highest BCUT2D eigenvalue weighted by molar-refractivity contribution is 9.10. The summed E-state index contributed by atoms with van der Waals surface area (Å²) in [6, 6.07) is 7.16. The molecule has 0 aromatic heterocycles. The van der Waals surface area contributed by atoms with Crippen LogP contribution in [0.5, 0.6) is 0 Å². The second kappa shape index (κ2) is 3.90. The van der Waals surface area contributed by atoms with Gasteiger partial charge in [-0.05, 0) is 24.3 Å². The predicted octanol–water partition coefficient (Wildman–Crippen LogP) is 1.63. The topological polar surface area (TPSA) is 46.9 Å². The standard InChI is InChI=1S/C7H8BrNOS/c8-6-1-3-7(4-2-6)11(10)5-9/h1-5,9H,11H2. The molecule has 0 saturated heterocycles. The number of hydrogen-bond donors (Lipinski definition) is 1. The molecule has 0 amide bonds. The summed E-state index contributed by atoms with van der Waals surface area (Å²) in [5.41, 5.74) is 0.994. The lowest BCUT2D eigenvalue weighted by Crippen LogP contribution is -2.00. The zero-order valence-corrected chi connectivity index (χ0v) is 8.26. The van der Waals surface area contributed by atoms with Crippen LogP contribution in [-0.4, -0.2) is 10.1 Å². The Labute approximate surface area is 76.4 Å². The molecule has 0 fully saturated rings. The summed E-state index contributed by atoms with van der Waals surface area (Å²) in [4.78, 5) is 0.730. The van der Waals surface area contributed by atoms with E-state index in [9.17, 15) is 4.55 Å². The zero-order valence-electron chi connectivity index (χ0n) is 5.67. The van der Waals surface area contributed by atoms with Crippen molar-refractivity contribution in [1.29, 1.82) is 5.41 Å². The molecule has 60 valence electrons. The van der Waals surface area contributed by atoms with Gasteiger partial charge in [-0.25, -0.2) is 11.2 Å². The summed E-state index contributed by atoms with van der Waals surface area (Å²) in [6.45, 7) is 0. The molecule has 0 aliphatic rings. The van der Waals surface area contributed by atoms with Crippen molar-refractivity contribution >= 4 is 32.7 Å². The summed E-state index contributed by atoms with van der Waals surface area (Å²) in [7, 11) is 0. The van der Waals surface area contributed by atoms with E-state index in [2.05, 4.69) is 15.9 Å². The molecule has 0 spiro atoms. The zero-order chi connectivity index (χ0) is 8.27. The van der Waals surface area contributed by atoms with Crippen molar-refractivity contribution in [1.82, 2.24) is 0 Å². The van der Waals surface area contributed by atoms with Gasteiger partial charge in [0, 0.05) is 4.47 Å². The van der Waals surface area contributed by atoms with E-state index < -0.39 is 11.2 Å². The molecular formula is C7H8BrNOS. The Morgan fingerprint density at radius 3 is 2.36 bits per heavy atom. The van der Waals surface area contributed by atoms with Gasteiger partial charge in [-0.2, -0.15) is 0 Å². The van der Waals surface area contributed by atoms with Crippen molar-refractivity contribution in [3.63, 3.8) is 0 Å². The van der Waals surface area contributed by atoms with Crippen LogP contribution in [-0.2, 0) is 11.2 Å². The second-order valence-electron chi connectivity index (χ2n) is 2.02. The minimum atomic E-state index is -1.95. The van der Waals surface area contributed by atoms with Gasteiger partial charge in [0.15, 0.2) is 0 Å². The van der Waals surface area contributed by atoms with Crippen LogP contribution >= 0.6 is 15.9 Å². The van der Waals surface area contributed by atoms with Gasteiger partial charge >= 0.3 is 0 Å². The van der Waals surface area contributed by atoms with Crippen LogP contribution in [0.15, 0.2) is 33.6 Å². The monoisotopic (exact) mass is 233 g/mol. The fraction of sp³-hybridized carbons (Fsp3) is 0. The smallest absolute Gasteiger partial charge is 0.125 e. The van der Waals surface area contributed by atoms with Crippen LogP contribution < -0.4 is 0 Å². The molecule has 1 aromatic rings. The van der Waals surface area contributed by atoms with Gasteiger partial charge in [0.1, 0.15) is 5.55 Å². The van der Waals surface area contributed by atoms with Crippen molar-refractivity contribution in [2.24, 2.45) is 0 Å². The summed E-state index contributed by atoms with van der Waals surface area (Å²) >= 11 is 1.32. The van der Waals surface area contributed by atoms with Gasteiger partial charge in [0.25, 0.3) is 0 Å². The Hall–Kier alpha value is -0.320. The fourth-order valence-corrected chi connectivity index (χ4v) is 1.62. The summed E-state index contributed by atoms with van der Waals surface area (Å²) < 4.78 is 12.0. The van der Waals surface area contributed by atoms with Gasteiger partial charge in [0.2, 0.25) is 0 Å². The average molecular weight is 234 g/mol. The lowest BCUT2D eigenvalue weighted by atomic mass is 10.4. The van der Waals surface area contributed by atoms with Crippen molar-refractivity contribution in [2.75, 3.05) is 0 Å². The first kappa shape index (κ1) is 8.77. The normalized spacial score (nSPS) is 10.9. The SMILES string of the molecule is N=C[SH2+]([O-])c1ccc(Br)cc1. The van der Waals surface area contributed by atoms with E-state index in [1.807, 2.05) is 12.1 Å². The first-order valence-electron chi connectivity index (χ1n) is 3.04. The van der Waals surface area contributed by atoms with Gasteiger partial charge in [0.05, 0.1) is 4.90 Å². The molecule has 11 heavy (non-hydrogen) atoms. The fourth-order valence-electron chi connectivity index (χ4n) is 0.697. The maximum Gasteiger partial charge on any atom is 0.125 e. The molecule has 1 rings (SSSR count). The van der Waals surface area contributed by atoms with E-state index in [-0.39, 0.29) is 0 Å². The highest BCUT2D eigenvalue weighted by Gasteiger charge is 1.95. The number of rotatable bonds is 2. The molecule has 1 aromatic carbocycles. The van der Waals surface area contributed by atoms with Crippen LogP contribution in [0.4, 0.5) is 0 Å².